The van der Waals surface area contributed by atoms with Crippen molar-refractivity contribution in [1.29, 1.82) is 0 Å². The summed E-state index contributed by atoms with van der Waals surface area (Å²) < 4.78 is 0. The summed E-state index contributed by atoms with van der Waals surface area (Å²) in [5.74, 6) is 0. The summed E-state index contributed by atoms with van der Waals surface area (Å²) in [5, 5.41) is 3.82. The van der Waals surface area contributed by atoms with Crippen LogP contribution >= 0.6 is 0 Å². The molecule has 2 nitrogen and oxygen atoms in total. The van der Waals surface area contributed by atoms with E-state index in [4.69, 9.17) is 0 Å². The van der Waals surface area contributed by atoms with Gasteiger partial charge in [-0.05, 0) is 43.1 Å². The highest BCUT2D eigenvalue weighted by Gasteiger charge is 2.67. The first-order valence-corrected chi connectivity index (χ1v) is 7.43. The number of likely N-dealkylation sites (tertiary alicyclic amines) is 1. The van der Waals surface area contributed by atoms with Crippen molar-refractivity contribution in [3.63, 3.8) is 0 Å². The molecule has 0 aromatic rings. The molecule has 3 rings (SSSR count). The van der Waals surface area contributed by atoms with Crippen molar-refractivity contribution in [3.05, 3.63) is 0 Å². The van der Waals surface area contributed by atoms with Crippen LogP contribution in [0.4, 0.5) is 0 Å². The minimum absolute atomic E-state index is 0.508. The van der Waals surface area contributed by atoms with E-state index in [1.54, 1.807) is 0 Å². The summed E-state index contributed by atoms with van der Waals surface area (Å²) >= 11 is 0. The quantitative estimate of drug-likeness (QED) is 0.810. The Balaban J connectivity index is 1.60. The van der Waals surface area contributed by atoms with Crippen molar-refractivity contribution in [2.75, 3.05) is 13.1 Å². The first-order chi connectivity index (χ1) is 7.93. The van der Waals surface area contributed by atoms with Gasteiger partial charge in [-0.15, -0.1) is 0 Å². The topological polar surface area (TPSA) is 15.3 Å². The van der Waals surface area contributed by atoms with Crippen LogP contribution < -0.4 is 5.32 Å². The molecule has 2 aliphatic carbocycles. The molecule has 1 unspecified atom stereocenters. The standard InChI is InChI=1S/C15H28N2/c1-14(2)13(15(14,3)4)17-9-5-6-12(10-17)16-11-7-8-11/h11-13,16H,5-10H2,1-4H3. The summed E-state index contributed by atoms with van der Waals surface area (Å²) in [6.45, 7) is 12.4. The van der Waals surface area contributed by atoms with Crippen LogP contribution in [0, 0.1) is 10.8 Å². The van der Waals surface area contributed by atoms with Crippen LogP contribution in [0.15, 0.2) is 0 Å². The highest BCUT2D eigenvalue weighted by atomic mass is 15.3. The first-order valence-electron chi connectivity index (χ1n) is 7.43. The van der Waals surface area contributed by atoms with Gasteiger partial charge >= 0.3 is 0 Å². The number of rotatable bonds is 3. The SMILES string of the molecule is CC1(C)C(N2CCCC(NC3CC3)C2)C1(C)C. The van der Waals surface area contributed by atoms with E-state index in [1.165, 1.54) is 38.8 Å². The van der Waals surface area contributed by atoms with Gasteiger partial charge in [-0.3, -0.25) is 4.90 Å². The van der Waals surface area contributed by atoms with E-state index in [0.29, 0.717) is 10.8 Å². The van der Waals surface area contributed by atoms with E-state index in [1.807, 2.05) is 0 Å². The van der Waals surface area contributed by atoms with Gasteiger partial charge < -0.3 is 5.32 Å². The van der Waals surface area contributed by atoms with Gasteiger partial charge in [0, 0.05) is 24.7 Å². The molecule has 0 amide bonds. The van der Waals surface area contributed by atoms with Crippen molar-refractivity contribution in [1.82, 2.24) is 10.2 Å². The number of nitrogens with one attached hydrogen (secondary N) is 1. The largest absolute Gasteiger partial charge is 0.310 e. The molecule has 1 atom stereocenters. The van der Waals surface area contributed by atoms with Crippen LogP contribution in [0.25, 0.3) is 0 Å². The van der Waals surface area contributed by atoms with Gasteiger partial charge in [-0.2, -0.15) is 0 Å². The Labute approximate surface area is 106 Å². The van der Waals surface area contributed by atoms with Crippen molar-refractivity contribution in [3.8, 4) is 0 Å². The fraction of sp³-hybridized carbons (Fsp3) is 1.00. The maximum atomic E-state index is 3.82. The predicted molar refractivity (Wildman–Crippen MR) is 72.1 cm³/mol. The van der Waals surface area contributed by atoms with Gasteiger partial charge in [-0.1, -0.05) is 27.7 Å². The summed E-state index contributed by atoms with van der Waals surface area (Å²) in [5.41, 5.74) is 1.02. The average Bonchev–Trinajstić information content (AvgIpc) is 3.08. The Morgan fingerprint density at radius 2 is 1.59 bits per heavy atom. The highest BCUT2D eigenvalue weighted by Crippen LogP contribution is 2.65. The molecule has 0 aromatic carbocycles. The van der Waals surface area contributed by atoms with Gasteiger partial charge in [0.2, 0.25) is 0 Å². The smallest absolute Gasteiger partial charge is 0.0210 e. The monoisotopic (exact) mass is 236 g/mol. The summed E-state index contributed by atoms with van der Waals surface area (Å²) in [6, 6.07) is 2.43. The Morgan fingerprint density at radius 3 is 2.12 bits per heavy atom. The Kier molecular flexibility index (Phi) is 2.61. The maximum Gasteiger partial charge on any atom is 0.0210 e. The van der Waals surface area contributed by atoms with Crippen LogP contribution in [-0.4, -0.2) is 36.1 Å². The minimum atomic E-state index is 0.508. The molecule has 0 bridgehead atoms. The third-order valence-corrected chi connectivity index (χ3v) is 5.81. The van der Waals surface area contributed by atoms with Gasteiger partial charge in [0.05, 0.1) is 0 Å². The van der Waals surface area contributed by atoms with E-state index < -0.39 is 0 Å². The molecule has 17 heavy (non-hydrogen) atoms. The van der Waals surface area contributed by atoms with Crippen molar-refractivity contribution in [2.45, 2.75) is 71.5 Å². The Morgan fingerprint density at radius 1 is 0.941 bits per heavy atom. The third-order valence-electron chi connectivity index (χ3n) is 5.81. The first kappa shape index (κ1) is 12.0. The van der Waals surface area contributed by atoms with Crippen LogP contribution in [0.2, 0.25) is 0 Å². The Hall–Kier alpha value is -0.0800. The van der Waals surface area contributed by atoms with Crippen molar-refractivity contribution < 1.29 is 0 Å². The Bertz CT molecular complexity index is 290. The zero-order valence-corrected chi connectivity index (χ0v) is 11.9. The third kappa shape index (κ3) is 1.94. The summed E-state index contributed by atoms with van der Waals surface area (Å²) in [6.07, 6.45) is 5.60. The van der Waals surface area contributed by atoms with Crippen LogP contribution in [-0.2, 0) is 0 Å². The second-order valence-electron chi connectivity index (χ2n) is 7.62. The van der Waals surface area contributed by atoms with Gasteiger partial charge in [0.25, 0.3) is 0 Å². The predicted octanol–water partition coefficient (Wildman–Crippen LogP) is 2.64. The van der Waals surface area contributed by atoms with E-state index >= 15 is 0 Å². The second kappa shape index (κ2) is 3.71. The molecular weight excluding hydrogens is 208 g/mol. The molecule has 98 valence electrons. The lowest BCUT2D eigenvalue weighted by molar-refractivity contribution is 0.157. The molecular formula is C15H28N2. The fourth-order valence-corrected chi connectivity index (χ4v) is 4.03. The lowest BCUT2D eigenvalue weighted by atomic mass is 10.0. The van der Waals surface area contributed by atoms with Gasteiger partial charge in [0.15, 0.2) is 0 Å². The number of hydrogen-bond acceptors (Lipinski definition) is 2. The molecule has 3 fully saturated rings. The minimum Gasteiger partial charge on any atom is -0.310 e. The molecule has 2 saturated carbocycles. The second-order valence-corrected chi connectivity index (χ2v) is 7.62. The molecule has 1 heterocycles. The molecule has 0 radical (unpaired) electrons. The van der Waals surface area contributed by atoms with Crippen molar-refractivity contribution in [2.24, 2.45) is 10.8 Å². The molecule has 0 aromatic heterocycles. The molecule has 2 heteroatoms. The van der Waals surface area contributed by atoms with Crippen LogP contribution in [0.5, 0.6) is 0 Å². The highest BCUT2D eigenvalue weighted by molar-refractivity contribution is 5.19. The number of piperidine rings is 1. The number of hydrogen-bond donors (Lipinski definition) is 1. The van der Waals surface area contributed by atoms with Crippen LogP contribution in [0.1, 0.15) is 53.4 Å². The average molecular weight is 236 g/mol. The molecule has 1 N–H and O–H groups in total. The number of nitrogens with zero attached hydrogens (tertiary/aromatic N) is 1. The van der Waals surface area contributed by atoms with Gasteiger partial charge in [-0.25, -0.2) is 0 Å². The zero-order valence-electron chi connectivity index (χ0n) is 11.9. The fourth-order valence-electron chi connectivity index (χ4n) is 4.03. The van der Waals surface area contributed by atoms with Gasteiger partial charge in [0.1, 0.15) is 0 Å². The maximum absolute atomic E-state index is 3.82. The molecule has 1 aliphatic heterocycles. The summed E-state index contributed by atoms with van der Waals surface area (Å²) in [7, 11) is 0. The normalized spacial score (nSPS) is 37.1. The van der Waals surface area contributed by atoms with E-state index in [-0.39, 0.29) is 0 Å². The van der Waals surface area contributed by atoms with E-state index in [0.717, 1.165) is 18.1 Å². The van der Waals surface area contributed by atoms with Crippen molar-refractivity contribution >= 4 is 0 Å². The molecule has 0 spiro atoms. The molecule has 1 saturated heterocycles. The molecule has 3 aliphatic rings. The lowest BCUT2D eigenvalue weighted by Crippen LogP contribution is -2.48. The van der Waals surface area contributed by atoms with Crippen LogP contribution in [0.3, 0.4) is 0 Å². The lowest BCUT2D eigenvalue weighted by Gasteiger charge is -2.35. The van der Waals surface area contributed by atoms with E-state index in [9.17, 15) is 0 Å². The van der Waals surface area contributed by atoms with E-state index in [2.05, 4.69) is 37.9 Å². The zero-order chi connectivity index (χ0) is 12.3. The summed E-state index contributed by atoms with van der Waals surface area (Å²) in [4.78, 5) is 2.77.